The molecule has 2 aromatic carbocycles. The molecule has 6 heteroatoms. The van der Waals surface area contributed by atoms with Gasteiger partial charge in [0.15, 0.2) is 0 Å². The van der Waals surface area contributed by atoms with Gasteiger partial charge in [0.05, 0.1) is 0 Å². The van der Waals surface area contributed by atoms with Crippen LogP contribution in [0.15, 0.2) is 53.2 Å². The number of carbonyl (C=O) groups excluding carboxylic acids is 1. The Labute approximate surface area is 144 Å². The molecule has 1 aromatic heterocycles. The average molecular weight is 338 g/mol. The quantitative estimate of drug-likeness (QED) is 0.407. The van der Waals surface area contributed by atoms with E-state index in [0.717, 1.165) is 28.1 Å². The fourth-order valence-electron chi connectivity index (χ4n) is 2.49. The molecule has 3 aromatic rings. The fourth-order valence-corrected chi connectivity index (χ4v) is 3.35. The third kappa shape index (κ3) is 3.49. The second-order valence-electron chi connectivity index (χ2n) is 5.35. The molecule has 0 aliphatic heterocycles. The van der Waals surface area contributed by atoms with Crippen molar-refractivity contribution >= 4 is 40.5 Å². The van der Waals surface area contributed by atoms with E-state index in [4.69, 9.17) is 11.5 Å². The van der Waals surface area contributed by atoms with Gasteiger partial charge in [0.2, 0.25) is 6.41 Å². The standard InChI is InChI=1S/C18H18N4OS/c19-13-4-5-18(20)16(6-13)17-10-24-9-12(17)8-21-14-2-1-3-15(7-14)22-11-23/h1-7,9-11,21H,8,19-20H2,(H,22,23). The lowest BCUT2D eigenvalue weighted by atomic mass is 10.0. The molecule has 122 valence electrons. The Bertz CT molecular complexity index is 860. The van der Waals surface area contributed by atoms with Crippen molar-refractivity contribution in [3.8, 4) is 11.1 Å². The van der Waals surface area contributed by atoms with Gasteiger partial charge < -0.3 is 22.1 Å². The first kappa shape index (κ1) is 15.9. The lowest BCUT2D eigenvalue weighted by Gasteiger charge is -2.11. The minimum absolute atomic E-state index is 0.650. The topological polar surface area (TPSA) is 93.2 Å². The third-order valence-electron chi connectivity index (χ3n) is 3.68. The summed E-state index contributed by atoms with van der Waals surface area (Å²) >= 11 is 1.63. The number of nitrogen functional groups attached to an aromatic ring is 2. The Morgan fingerprint density at radius 3 is 2.67 bits per heavy atom. The lowest BCUT2D eigenvalue weighted by Crippen LogP contribution is -2.01. The third-order valence-corrected chi connectivity index (χ3v) is 4.47. The summed E-state index contributed by atoms with van der Waals surface area (Å²) in [4.78, 5) is 10.5. The number of rotatable bonds is 6. The van der Waals surface area contributed by atoms with Crippen molar-refractivity contribution in [3.05, 3.63) is 58.8 Å². The summed E-state index contributed by atoms with van der Waals surface area (Å²) in [7, 11) is 0. The number of anilines is 4. The van der Waals surface area contributed by atoms with Gasteiger partial charge in [0.1, 0.15) is 0 Å². The van der Waals surface area contributed by atoms with Crippen molar-refractivity contribution in [3.63, 3.8) is 0 Å². The number of carbonyl (C=O) groups is 1. The minimum atomic E-state index is 0.650. The highest BCUT2D eigenvalue weighted by Gasteiger charge is 2.10. The van der Waals surface area contributed by atoms with Crippen LogP contribution in [0.1, 0.15) is 5.56 Å². The Morgan fingerprint density at radius 2 is 1.83 bits per heavy atom. The van der Waals surface area contributed by atoms with Crippen LogP contribution in [0.4, 0.5) is 22.7 Å². The van der Waals surface area contributed by atoms with E-state index in [9.17, 15) is 4.79 Å². The molecule has 5 nitrogen and oxygen atoms in total. The average Bonchev–Trinajstić information content (AvgIpc) is 3.04. The maximum atomic E-state index is 10.5. The summed E-state index contributed by atoms with van der Waals surface area (Å²) in [5.74, 6) is 0. The Morgan fingerprint density at radius 1 is 1.00 bits per heavy atom. The van der Waals surface area contributed by atoms with Crippen LogP contribution in [-0.2, 0) is 11.3 Å². The molecule has 6 N–H and O–H groups in total. The highest BCUT2D eigenvalue weighted by Crippen LogP contribution is 2.33. The van der Waals surface area contributed by atoms with Crippen molar-refractivity contribution in [1.29, 1.82) is 0 Å². The van der Waals surface area contributed by atoms with Gasteiger partial charge in [-0.3, -0.25) is 4.79 Å². The molecule has 0 fully saturated rings. The van der Waals surface area contributed by atoms with Gasteiger partial charge in [-0.15, -0.1) is 0 Å². The summed E-state index contributed by atoms with van der Waals surface area (Å²) in [6.07, 6.45) is 0.665. The molecule has 0 bridgehead atoms. The van der Waals surface area contributed by atoms with Crippen molar-refractivity contribution in [2.24, 2.45) is 0 Å². The van der Waals surface area contributed by atoms with Crippen LogP contribution in [0.5, 0.6) is 0 Å². The molecular weight excluding hydrogens is 320 g/mol. The molecule has 0 spiro atoms. The molecule has 0 aliphatic rings. The molecule has 0 saturated carbocycles. The first-order valence-corrected chi connectivity index (χ1v) is 8.36. The van der Waals surface area contributed by atoms with Crippen LogP contribution < -0.4 is 22.1 Å². The molecule has 0 atom stereocenters. The molecule has 1 heterocycles. The zero-order chi connectivity index (χ0) is 16.9. The van der Waals surface area contributed by atoms with Crippen molar-refractivity contribution < 1.29 is 4.79 Å². The fraction of sp³-hybridized carbons (Fsp3) is 0.0556. The lowest BCUT2D eigenvalue weighted by molar-refractivity contribution is -0.105. The zero-order valence-corrected chi connectivity index (χ0v) is 13.8. The van der Waals surface area contributed by atoms with Crippen molar-refractivity contribution in [2.75, 3.05) is 22.1 Å². The van der Waals surface area contributed by atoms with Crippen LogP contribution in [0.3, 0.4) is 0 Å². The maximum absolute atomic E-state index is 10.5. The van der Waals surface area contributed by atoms with Crippen LogP contribution in [0.2, 0.25) is 0 Å². The number of nitrogens with two attached hydrogens (primary N) is 2. The summed E-state index contributed by atoms with van der Waals surface area (Å²) in [6.45, 7) is 0.650. The highest BCUT2D eigenvalue weighted by atomic mass is 32.1. The van der Waals surface area contributed by atoms with Crippen LogP contribution >= 0.6 is 11.3 Å². The van der Waals surface area contributed by atoms with E-state index in [2.05, 4.69) is 21.4 Å². The number of amides is 1. The second-order valence-corrected chi connectivity index (χ2v) is 6.10. The number of nitrogens with one attached hydrogen (secondary N) is 2. The van der Waals surface area contributed by atoms with Crippen molar-refractivity contribution in [1.82, 2.24) is 0 Å². The van der Waals surface area contributed by atoms with E-state index < -0.39 is 0 Å². The molecular formula is C18H18N4OS. The van der Waals surface area contributed by atoms with Gasteiger partial charge in [-0.2, -0.15) is 11.3 Å². The molecule has 0 unspecified atom stereocenters. The number of benzene rings is 2. The molecule has 0 radical (unpaired) electrons. The summed E-state index contributed by atoms with van der Waals surface area (Å²) < 4.78 is 0. The monoisotopic (exact) mass is 338 g/mol. The molecule has 0 aliphatic carbocycles. The van der Waals surface area contributed by atoms with E-state index in [-0.39, 0.29) is 0 Å². The minimum Gasteiger partial charge on any atom is -0.399 e. The van der Waals surface area contributed by atoms with Gasteiger partial charge in [-0.25, -0.2) is 0 Å². The molecule has 24 heavy (non-hydrogen) atoms. The van der Waals surface area contributed by atoms with Crippen molar-refractivity contribution in [2.45, 2.75) is 6.54 Å². The first-order chi connectivity index (χ1) is 11.7. The van der Waals surface area contributed by atoms with E-state index >= 15 is 0 Å². The normalized spacial score (nSPS) is 10.3. The summed E-state index contributed by atoms with van der Waals surface area (Å²) in [6, 6.07) is 13.1. The smallest absolute Gasteiger partial charge is 0.211 e. The SMILES string of the molecule is Nc1ccc(N)c(-c2cscc2CNc2cccc(NC=O)c2)c1. The molecule has 0 saturated heterocycles. The molecule has 1 amide bonds. The summed E-state index contributed by atoms with van der Waals surface area (Å²) in [5.41, 5.74) is 18.2. The number of thiophene rings is 1. The van der Waals surface area contributed by atoms with E-state index in [1.54, 1.807) is 17.4 Å². The van der Waals surface area contributed by atoms with Crippen LogP contribution in [0.25, 0.3) is 11.1 Å². The maximum Gasteiger partial charge on any atom is 0.211 e. The summed E-state index contributed by atoms with van der Waals surface area (Å²) in [5, 5.41) is 10.2. The molecule has 3 rings (SSSR count). The van der Waals surface area contributed by atoms with Gasteiger partial charge in [0.25, 0.3) is 0 Å². The largest absolute Gasteiger partial charge is 0.399 e. The zero-order valence-electron chi connectivity index (χ0n) is 13.0. The Hall–Kier alpha value is -2.99. The van der Waals surface area contributed by atoms with Gasteiger partial charge in [-0.05, 0) is 58.3 Å². The first-order valence-electron chi connectivity index (χ1n) is 7.42. The van der Waals surface area contributed by atoms with Gasteiger partial charge in [-0.1, -0.05) is 6.07 Å². The van der Waals surface area contributed by atoms with E-state index in [1.807, 2.05) is 36.4 Å². The Kier molecular flexibility index (Phi) is 4.67. The number of hydrogen-bond acceptors (Lipinski definition) is 5. The van der Waals surface area contributed by atoms with Gasteiger partial charge in [0, 0.05) is 34.9 Å². The second kappa shape index (κ2) is 7.06. The predicted octanol–water partition coefficient (Wildman–Crippen LogP) is 3.76. The number of hydrogen-bond donors (Lipinski definition) is 4. The van der Waals surface area contributed by atoms with Crippen LogP contribution in [-0.4, -0.2) is 6.41 Å². The Balaban J connectivity index is 1.80. The van der Waals surface area contributed by atoms with Gasteiger partial charge >= 0.3 is 0 Å². The highest BCUT2D eigenvalue weighted by molar-refractivity contribution is 7.08. The van der Waals surface area contributed by atoms with Crippen LogP contribution in [0, 0.1) is 0 Å². The van der Waals surface area contributed by atoms with E-state index in [1.165, 1.54) is 0 Å². The predicted molar refractivity (Wildman–Crippen MR) is 102 cm³/mol. The van der Waals surface area contributed by atoms with E-state index in [0.29, 0.717) is 24.3 Å².